The Morgan fingerprint density at radius 3 is 2.60 bits per heavy atom. The van der Waals surface area contributed by atoms with E-state index in [0.29, 0.717) is 0 Å². The lowest BCUT2D eigenvalue weighted by Crippen LogP contribution is -2.19. The highest BCUT2D eigenvalue weighted by Gasteiger charge is 2.10. The van der Waals surface area contributed by atoms with Crippen molar-refractivity contribution in [3.63, 3.8) is 0 Å². The van der Waals surface area contributed by atoms with E-state index in [2.05, 4.69) is 29.7 Å². The molecule has 0 radical (unpaired) electrons. The van der Waals surface area contributed by atoms with Crippen LogP contribution in [0.1, 0.15) is 32.6 Å². The zero-order valence-electron chi connectivity index (χ0n) is 12.1. The average molecular weight is 288 g/mol. The van der Waals surface area contributed by atoms with Crippen molar-refractivity contribution in [3.8, 4) is 0 Å². The molecule has 0 saturated carbocycles. The average Bonchev–Trinajstić information content (AvgIpc) is 2.93. The summed E-state index contributed by atoms with van der Waals surface area (Å²) < 4.78 is 0. The molecule has 2 aromatic rings. The highest BCUT2D eigenvalue weighted by atomic mass is 32.1. The molecule has 106 valence electrons. The number of benzene rings is 1. The number of aryl methyl sites for hydroxylation is 1. The van der Waals surface area contributed by atoms with Crippen molar-refractivity contribution in [1.29, 1.82) is 0 Å². The second-order valence-electron chi connectivity index (χ2n) is 4.63. The molecule has 0 fully saturated rings. The number of anilines is 1. The first-order chi connectivity index (χ1) is 9.65. The van der Waals surface area contributed by atoms with E-state index in [-0.39, 0.29) is 5.91 Å². The fourth-order valence-corrected chi connectivity index (χ4v) is 3.00. The summed E-state index contributed by atoms with van der Waals surface area (Å²) in [6.45, 7) is 4.93. The van der Waals surface area contributed by atoms with Crippen LogP contribution in [-0.2, 0) is 13.0 Å². The predicted octanol–water partition coefficient (Wildman–Crippen LogP) is 3.59. The molecule has 3 nitrogen and oxygen atoms in total. The minimum Gasteiger partial charge on any atom is -0.380 e. The van der Waals surface area contributed by atoms with Crippen molar-refractivity contribution in [3.05, 3.63) is 51.2 Å². The van der Waals surface area contributed by atoms with Crippen molar-refractivity contribution in [2.75, 3.05) is 12.4 Å². The van der Waals surface area contributed by atoms with Crippen molar-refractivity contribution in [2.24, 2.45) is 0 Å². The Labute approximate surface area is 124 Å². The van der Waals surface area contributed by atoms with Gasteiger partial charge in [-0.15, -0.1) is 11.3 Å². The van der Waals surface area contributed by atoms with Crippen LogP contribution >= 0.6 is 11.3 Å². The molecule has 1 heterocycles. The highest BCUT2D eigenvalue weighted by molar-refractivity contribution is 7.12. The van der Waals surface area contributed by atoms with Crippen LogP contribution in [0.25, 0.3) is 0 Å². The van der Waals surface area contributed by atoms with Gasteiger partial charge in [0, 0.05) is 34.6 Å². The summed E-state index contributed by atoms with van der Waals surface area (Å²) in [5.41, 5.74) is 2.72. The van der Waals surface area contributed by atoms with Crippen molar-refractivity contribution >= 4 is 22.9 Å². The third kappa shape index (κ3) is 3.20. The Balaban J connectivity index is 2.11. The van der Waals surface area contributed by atoms with Gasteiger partial charge in [0.05, 0.1) is 0 Å². The van der Waals surface area contributed by atoms with Gasteiger partial charge in [-0.1, -0.05) is 13.0 Å². The van der Waals surface area contributed by atoms with Gasteiger partial charge < -0.3 is 10.6 Å². The van der Waals surface area contributed by atoms with E-state index < -0.39 is 0 Å². The lowest BCUT2D eigenvalue weighted by Gasteiger charge is -2.12. The first-order valence-electron chi connectivity index (χ1n) is 6.78. The number of rotatable bonds is 5. The maximum absolute atomic E-state index is 11.8. The smallest absolute Gasteiger partial charge is 0.251 e. The van der Waals surface area contributed by atoms with E-state index in [1.165, 1.54) is 9.75 Å². The number of hydrogen-bond donors (Lipinski definition) is 2. The normalized spacial score (nSPS) is 10.3. The quantitative estimate of drug-likeness (QED) is 0.882. The zero-order valence-corrected chi connectivity index (χ0v) is 12.9. The standard InChI is InChI=1S/C16H20N2OS/c1-4-12-8-9-13(20-12)10-18-15-7-5-6-14(11(15)2)16(19)17-3/h5-9,18H,4,10H2,1-3H3,(H,17,19). The van der Waals surface area contributed by atoms with Gasteiger partial charge >= 0.3 is 0 Å². The largest absolute Gasteiger partial charge is 0.380 e. The van der Waals surface area contributed by atoms with Crippen LogP contribution in [-0.4, -0.2) is 13.0 Å². The predicted molar refractivity (Wildman–Crippen MR) is 85.6 cm³/mol. The molecular weight excluding hydrogens is 268 g/mol. The van der Waals surface area contributed by atoms with E-state index in [0.717, 1.165) is 29.8 Å². The second-order valence-corrected chi connectivity index (χ2v) is 5.89. The molecule has 0 spiro atoms. The molecule has 20 heavy (non-hydrogen) atoms. The molecule has 0 atom stereocenters. The molecule has 0 bridgehead atoms. The van der Waals surface area contributed by atoms with Crippen molar-refractivity contribution < 1.29 is 4.79 Å². The molecular formula is C16H20N2OS. The highest BCUT2D eigenvalue weighted by Crippen LogP contribution is 2.22. The molecule has 4 heteroatoms. The minimum absolute atomic E-state index is 0.0458. The van der Waals surface area contributed by atoms with Gasteiger partial charge in [0.2, 0.25) is 0 Å². The van der Waals surface area contributed by atoms with Crippen LogP contribution in [0.3, 0.4) is 0 Å². The van der Waals surface area contributed by atoms with Gasteiger partial charge in [-0.05, 0) is 43.2 Å². The topological polar surface area (TPSA) is 41.1 Å². The molecule has 0 unspecified atom stereocenters. The number of nitrogens with one attached hydrogen (secondary N) is 2. The Bertz CT molecular complexity index is 604. The summed E-state index contributed by atoms with van der Waals surface area (Å²) in [7, 11) is 1.65. The fraction of sp³-hybridized carbons (Fsp3) is 0.312. The monoisotopic (exact) mass is 288 g/mol. The number of hydrogen-bond acceptors (Lipinski definition) is 3. The Kier molecular flexibility index (Phi) is 4.79. The zero-order chi connectivity index (χ0) is 14.5. The lowest BCUT2D eigenvalue weighted by molar-refractivity contribution is 0.0962. The SMILES string of the molecule is CCc1ccc(CNc2cccc(C(=O)NC)c2C)s1. The van der Waals surface area contributed by atoms with E-state index in [9.17, 15) is 4.79 Å². The summed E-state index contributed by atoms with van der Waals surface area (Å²) in [6.07, 6.45) is 1.08. The number of carbonyl (C=O) groups is 1. The van der Waals surface area contributed by atoms with Gasteiger partial charge in [-0.25, -0.2) is 0 Å². The third-order valence-corrected chi connectivity index (χ3v) is 4.55. The molecule has 2 rings (SSSR count). The molecule has 0 aliphatic carbocycles. The maximum atomic E-state index is 11.8. The maximum Gasteiger partial charge on any atom is 0.251 e. The summed E-state index contributed by atoms with van der Waals surface area (Å²) in [5, 5.41) is 6.09. The number of amides is 1. The van der Waals surface area contributed by atoms with Crippen molar-refractivity contribution in [1.82, 2.24) is 5.32 Å². The summed E-state index contributed by atoms with van der Waals surface area (Å²) in [5.74, 6) is -0.0458. The van der Waals surface area contributed by atoms with Crippen LogP contribution in [0.5, 0.6) is 0 Å². The third-order valence-electron chi connectivity index (χ3n) is 3.32. The Morgan fingerprint density at radius 1 is 1.20 bits per heavy atom. The Hall–Kier alpha value is -1.81. The molecule has 2 N–H and O–H groups in total. The summed E-state index contributed by atoms with van der Waals surface area (Å²) >= 11 is 1.83. The number of thiophene rings is 1. The molecule has 1 aromatic carbocycles. The van der Waals surface area contributed by atoms with Crippen LogP contribution in [0.4, 0.5) is 5.69 Å². The first-order valence-corrected chi connectivity index (χ1v) is 7.60. The lowest BCUT2D eigenvalue weighted by atomic mass is 10.1. The second kappa shape index (κ2) is 6.57. The van der Waals surface area contributed by atoms with E-state index >= 15 is 0 Å². The first kappa shape index (κ1) is 14.6. The fourth-order valence-electron chi connectivity index (χ4n) is 2.10. The van der Waals surface area contributed by atoms with Crippen molar-refractivity contribution in [2.45, 2.75) is 26.8 Å². The molecule has 1 amide bonds. The summed E-state index contributed by atoms with van der Waals surface area (Å²) in [4.78, 5) is 14.5. The van der Waals surface area contributed by atoms with Crippen LogP contribution in [0, 0.1) is 6.92 Å². The van der Waals surface area contributed by atoms with Gasteiger partial charge in [0.25, 0.3) is 5.91 Å². The van der Waals surface area contributed by atoms with Crippen LogP contribution < -0.4 is 10.6 Å². The summed E-state index contributed by atoms with van der Waals surface area (Å²) in [6, 6.07) is 10.1. The van der Waals surface area contributed by atoms with E-state index in [1.54, 1.807) is 7.05 Å². The molecule has 0 aliphatic heterocycles. The van der Waals surface area contributed by atoms with Crippen LogP contribution in [0.15, 0.2) is 30.3 Å². The van der Waals surface area contributed by atoms with Crippen LogP contribution in [0.2, 0.25) is 0 Å². The number of carbonyl (C=O) groups excluding carboxylic acids is 1. The van der Waals surface area contributed by atoms with Gasteiger partial charge in [-0.2, -0.15) is 0 Å². The molecule has 0 saturated heterocycles. The molecule has 1 aromatic heterocycles. The minimum atomic E-state index is -0.0458. The van der Waals surface area contributed by atoms with Gasteiger partial charge in [0.1, 0.15) is 0 Å². The van der Waals surface area contributed by atoms with Gasteiger partial charge in [0.15, 0.2) is 0 Å². The Morgan fingerprint density at radius 2 is 1.95 bits per heavy atom. The molecule has 0 aliphatic rings. The van der Waals surface area contributed by atoms with E-state index in [1.807, 2.05) is 36.5 Å². The van der Waals surface area contributed by atoms with Gasteiger partial charge in [-0.3, -0.25) is 4.79 Å². The van der Waals surface area contributed by atoms with E-state index in [4.69, 9.17) is 0 Å².